The first kappa shape index (κ1) is 17.4. The Bertz CT molecular complexity index is 684. The highest BCUT2D eigenvalue weighted by molar-refractivity contribution is 6.15. The average Bonchev–Trinajstić information content (AvgIpc) is 2.57. The van der Waals surface area contributed by atoms with Gasteiger partial charge in [-0.1, -0.05) is 42.5 Å². The highest BCUT2D eigenvalue weighted by Crippen LogP contribution is 2.21. The van der Waals surface area contributed by atoms with Crippen LogP contribution in [0.3, 0.4) is 0 Å². The Morgan fingerprint density at radius 2 is 1.71 bits per heavy atom. The number of fused-ring (bicyclic) bond motifs is 3. The van der Waals surface area contributed by atoms with Crippen LogP contribution in [0.2, 0.25) is 0 Å². The molecule has 4 nitrogen and oxygen atoms in total. The van der Waals surface area contributed by atoms with E-state index in [2.05, 4.69) is 16.9 Å². The molecule has 0 saturated heterocycles. The summed E-state index contributed by atoms with van der Waals surface area (Å²) in [4.78, 5) is 10.7. The summed E-state index contributed by atoms with van der Waals surface area (Å²) in [6.45, 7) is 0.766. The number of hydrogen-bond donors (Lipinski definition) is 1. The molecule has 2 heterocycles. The first-order valence-electron chi connectivity index (χ1n) is 6.80. The number of hydrogen-bond acceptors (Lipinski definition) is 3. The van der Waals surface area contributed by atoms with Gasteiger partial charge < -0.3 is 14.6 Å². The fraction of sp³-hybridized carbons (Fsp3) is 0.118. The van der Waals surface area contributed by atoms with E-state index in [1.807, 2.05) is 12.1 Å². The van der Waals surface area contributed by atoms with Gasteiger partial charge in [0, 0.05) is 0 Å². The summed E-state index contributed by atoms with van der Waals surface area (Å²) in [5.41, 5.74) is 0.845. The lowest BCUT2D eigenvalue weighted by atomic mass is 10.1. The Hall–Kier alpha value is -2.96. The van der Waals surface area contributed by atoms with Crippen molar-refractivity contribution in [2.24, 2.45) is 0 Å². The number of carboxylic acids is 1. The van der Waals surface area contributed by atoms with Crippen molar-refractivity contribution < 1.29 is 32.5 Å². The molecule has 2 bridgehead atoms. The van der Waals surface area contributed by atoms with E-state index in [0.29, 0.717) is 0 Å². The molecule has 2 aliphatic heterocycles. The van der Waals surface area contributed by atoms with Crippen LogP contribution >= 0.6 is 0 Å². The zero-order valence-corrected chi connectivity index (χ0v) is 12.3. The molecule has 2 aliphatic rings. The standard InChI is InChI=1S/C10H7F3O3.C7H6O/c11-10(12,13)16-6-8(9(14)15)7-4-2-1-3-5-7;1-3-7-4-2-6(1)5-8-7/h1-6H,(H,14,15);1-4H,5H2/b8-6+;. The van der Waals surface area contributed by atoms with Crippen molar-refractivity contribution in [1.29, 1.82) is 0 Å². The molecule has 2 aromatic rings. The van der Waals surface area contributed by atoms with Crippen molar-refractivity contribution >= 4 is 11.5 Å². The number of ether oxygens (including phenoxy) is 2. The van der Waals surface area contributed by atoms with Gasteiger partial charge in [0.15, 0.2) is 0 Å². The molecule has 126 valence electrons. The summed E-state index contributed by atoms with van der Waals surface area (Å²) in [7, 11) is 0. The van der Waals surface area contributed by atoms with Crippen LogP contribution in [-0.4, -0.2) is 17.4 Å². The molecule has 0 atom stereocenters. The minimum atomic E-state index is -4.89. The van der Waals surface area contributed by atoms with Crippen LogP contribution in [0.4, 0.5) is 13.2 Å². The van der Waals surface area contributed by atoms with Gasteiger partial charge in [0.2, 0.25) is 0 Å². The van der Waals surface area contributed by atoms with Crippen LogP contribution in [0.1, 0.15) is 11.1 Å². The molecule has 7 heteroatoms. The summed E-state index contributed by atoms with van der Waals surface area (Å²) in [5, 5.41) is 8.71. The topological polar surface area (TPSA) is 55.8 Å². The second-order valence-corrected chi connectivity index (χ2v) is 4.70. The van der Waals surface area contributed by atoms with E-state index < -0.39 is 17.9 Å². The smallest absolute Gasteiger partial charge is 0.489 e. The summed E-state index contributed by atoms with van der Waals surface area (Å²) in [6.07, 6.45) is -4.72. The predicted molar refractivity (Wildman–Crippen MR) is 80.0 cm³/mol. The molecule has 0 aromatic heterocycles. The molecule has 0 saturated carbocycles. The van der Waals surface area contributed by atoms with Crippen LogP contribution in [-0.2, 0) is 16.1 Å². The molecular weight excluding hydrogens is 325 g/mol. The molecule has 2 aromatic carbocycles. The van der Waals surface area contributed by atoms with Crippen molar-refractivity contribution in [3.63, 3.8) is 0 Å². The molecule has 24 heavy (non-hydrogen) atoms. The zero-order chi connectivity index (χ0) is 17.6. The molecular formula is C17H13F3O4. The van der Waals surface area contributed by atoms with Gasteiger partial charge in [0.1, 0.15) is 24.2 Å². The van der Waals surface area contributed by atoms with Crippen molar-refractivity contribution in [3.05, 3.63) is 72.0 Å². The first-order valence-corrected chi connectivity index (χ1v) is 6.80. The van der Waals surface area contributed by atoms with Gasteiger partial charge in [0.25, 0.3) is 0 Å². The highest BCUT2D eigenvalue weighted by atomic mass is 19.4. The molecule has 0 aliphatic carbocycles. The SMILES string of the molecule is O=C(O)/C(=C/OC(F)(F)F)c1ccccc1.c1cc2ccc1CO2. The predicted octanol–water partition coefficient (Wildman–Crippen LogP) is 4.23. The van der Waals surface area contributed by atoms with Crippen LogP contribution in [0.25, 0.3) is 5.57 Å². The number of carboxylic acid groups (broad SMARTS) is 1. The minimum Gasteiger partial charge on any atom is -0.489 e. The Balaban J connectivity index is 0.000000214. The molecule has 0 spiro atoms. The number of rotatable bonds is 3. The normalized spacial score (nSPS) is 12.7. The number of alkyl halides is 3. The molecule has 0 fully saturated rings. The summed E-state index contributed by atoms with van der Waals surface area (Å²) >= 11 is 0. The lowest BCUT2D eigenvalue weighted by molar-refractivity contribution is -0.297. The molecule has 4 rings (SSSR count). The summed E-state index contributed by atoms with van der Waals surface area (Å²) in [5.74, 6) is -0.504. The maximum absolute atomic E-state index is 11.7. The van der Waals surface area contributed by atoms with E-state index in [0.717, 1.165) is 12.4 Å². The Kier molecular flexibility index (Phi) is 5.47. The fourth-order valence-electron chi connectivity index (χ4n) is 1.83. The number of carbonyl (C=O) groups is 1. The van der Waals surface area contributed by atoms with Gasteiger partial charge in [-0.2, -0.15) is 0 Å². The monoisotopic (exact) mass is 338 g/mol. The van der Waals surface area contributed by atoms with E-state index in [1.54, 1.807) is 6.07 Å². The average molecular weight is 338 g/mol. The largest absolute Gasteiger partial charge is 0.572 e. The third-order valence-electron chi connectivity index (χ3n) is 2.95. The van der Waals surface area contributed by atoms with E-state index in [-0.39, 0.29) is 11.8 Å². The lowest BCUT2D eigenvalue weighted by Crippen LogP contribution is -2.10. The third-order valence-corrected chi connectivity index (χ3v) is 2.95. The fourth-order valence-corrected chi connectivity index (χ4v) is 1.83. The van der Waals surface area contributed by atoms with E-state index >= 15 is 0 Å². The first-order chi connectivity index (χ1) is 11.3. The zero-order valence-electron chi connectivity index (χ0n) is 12.3. The van der Waals surface area contributed by atoms with E-state index in [1.165, 1.54) is 29.8 Å². The maximum atomic E-state index is 11.7. The van der Waals surface area contributed by atoms with Gasteiger partial charge in [-0.15, -0.1) is 13.2 Å². The third kappa shape index (κ3) is 5.35. The number of aliphatic carboxylic acids is 1. The highest BCUT2D eigenvalue weighted by Gasteiger charge is 2.30. The van der Waals surface area contributed by atoms with Crippen LogP contribution in [0, 0.1) is 0 Å². The maximum Gasteiger partial charge on any atom is 0.572 e. The van der Waals surface area contributed by atoms with E-state index in [4.69, 9.17) is 9.84 Å². The van der Waals surface area contributed by atoms with Crippen molar-refractivity contribution in [1.82, 2.24) is 0 Å². The minimum absolute atomic E-state index is 0.138. The van der Waals surface area contributed by atoms with Gasteiger partial charge in [-0.05, 0) is 23.3 Å². The molecule has 0 radical (unpaired) electrons. The van der Waals surface area contributed by atoms with Gasteiger partial charge >= 0.3 is 12.3 Å². The van der Waals surface area contributed by atoms with Crippen molar-refractivity contribution in [2.45, 2.75) is 13.0 Å². The lowest BCUT2D eigenvalue weighted by Gasteiger charge is -2.11. The van der Waals surface area contributed by atoms with Crippen LogP contribution < -0.4 is 4.74 Å². The quantitative estimate of drug-likeness (QED) is 0.672. The molecule has 1 N–H and O–H groups in total. The second-order valence-electron chi connectivity index (χ2n) is 4.70. The Morgan fingerprint density at radius 3 is 2.04 bits per heavy atom. The Labute approximate surface area is 135 Å². The van der Waals surface area contributed by atoms with Gasteiger partial charge in [0.05, 0.1) is 0 Å². The van der Waals surface area contributed by atoms with Crippen LogP contribution in [0.5, 0.6) is 5.75 Å². The number of benzene rings is 2. The van der Waals surface area contributed by atoms with Gasteiger partial charge in [-0.3, -0.25) is 0 Å². The number of halogens is 3. The van der Waals surface area contributed by atoms with Crippen molar-refractivity contribution in [3.8, 4) is 5.75 Å². The van der Waals surface area contributed by atoms with E-state index in [9.17, 15) is 18.0 Å². The Morgan fingerprint density at radius 1 is 1.08 bits per heavy atom. The van der Waals surface area contributed by atoms with Crippen LogP contribution in [0.15, 0.2) is 60.9 Å². The summed E-state index contributed by atoms with van der Waals surface area (Å²) < 4.78 is 43.8. The molecule has 0 amide bonds. The molecule has 0 unspecified atom stereocenters. The van der Waals surface area contributed by atoms with Crippen molar-refractivity contribution in [2.75, 3.05) is 0 Å². The second kappa shape index (κ2) is 7.54. The summed E-state index contributed by atoms with van der Waals surface area (Å²) in [6, 6.07) is 15.5. The van der Waals surface area contributed by atoms with Gasteiger partial charge in [-0.25, -0.2) is 4.79 Å².